The second kappa shape index (κ2) is 10.1. The van der Waals surface area contributed by atoms with Gasteiger partial charge in [-0.1, -0.05) is 59.6 Å². The van der Waals surface area contributed by atoms with E-state index in [-0.39, 0.29) is 10.7 Å². The molecule has 1 heterocycles. The zero-order chi connectivity index (χ0) is 22.4. The predicted octanol–water partition coefficient (Wildman–Crippen LogP) is 4.40. The van der Waals surface area contributed by atoms with E-state index in [4.69, 9.17) is 38.4 Å². The first-order valence-corrected chi connectivity index (χ1v) is 9.65. The number of halogens is 3. The number of pyridine rings is 1. The van der Waals surface area contributed by atoms with Crippen LogP contribution in [0.25, 0.3) is 0 Å². The molecule has 3 rings (SSSR count). The number of esters is 1. The summed E-state index contributed by atoms with van der Waals surface area (Å²) in [4.78, 5) is 29.6. The number of nitrogen functional groups attached to an aromatic ring is 1. The number of carbonyl (C=O) groups is 2. The fourth-order valence-electron chi connectivity index (χ4n) is 2.57. The highest BCUT2D eigenvalue weighted by atomic mass is 35.5. The zero-order valence-electron chi connectivity index (χ0n) is 15.9. The Morgan fingerprint density at radius 3 is 2.03 bits per heavy atom. The van der Waals surface area contributed by atoms with E-state index < -0.39 is 41.9 Å². The lowest BCUT2D eigenvalue weighted by molar-refractivity contribution is -0.149. The number of para-hydroxylation sites is 2. The van der Waals surface area contributed by atoms with Crippen LogP contribution in [-0.4, -0.2) is 30.1 Å². The largest absolute Gasteiger partial charge is 0.464 e. The van der Waals surface area contributed by atoms with Gasteiger partial charge in [0, 0.05) is 11.4 Å². The van der Waals surface area contributed by atoms with E-state index in [1.165, 1.54) is 4.90 Å². The number of carbonyl (C=O) groups excluding carboxylic acids is 2. The third-order valence-corrected chi connectivity index (χ3v) is 4.73. The van der Waals surface area contributed by atoms with Crippen LogP contribution < -0.4 is 15.4 Å². The van der Waals surface area contributed by atoms with Gasteiger partial charge in [-0.3, -0.25) is 9.69 Å². The van der Waals surface area contributed by atoms with Gasteiger partial charge in [-0.2, -0.15) is 9.37 Å². The van der Waals surface area contributed by atoms with Crippen molar-refractivity contribution in [2.75, 3.05) is 23.8 Å². The number of amides is 1. The minimum atomic E-state index is -1.09. The maximum Gasteiger partial charge on any atom is 0.344 e. The fraction of sp³-hybridized carbons (Fsp3) is 0.0952. The minimum Gasteiger partial charge on any atom is -0.464 e. The lowest BCUT2D eigenvalue weighted by atomic mass is 10.2. The number of ether oxygens (including phenoxy) is 2. The second-order valence-electron chi connectivity index (χ2n) is 6.10. The Morgan fingerprint density at radius 1 is 0.935 bits per heavy atom. The molecule has 160 valence electrons. The Labute approximate surface area is 187 Å². The monoisotopic (exact) mass is 463 g/mol. The molecule has 2 aromatic carbocycles. The van der Waals surface area contributed by atoms with Crippen molar-refractivity contribution in [2.45, 2.75) is 0 Å². The minimum absolute atomic E-state index is 0.241. The van der Waals surface area contributed by atoms with Crippen molar-refractivity contribution in [3.63, 3.8) is 0 Å². The summed E-state index contributed by atoms with van der Waals surface area (Å²) in [5, 5.41) is -0.693. The lowest BCUT2D eigenvalue weighted by Gasteiger charge is -2.22. The molecule has 31 heavy (non-hydrogen) atoms. The number of rotatable bonds is 7. The number of benzene rings is 2. The van der Waals surface area contributed by atoms with Gasteiger partial charge >= 0.3 is 5.97 Å². The normalized spacial score (nSPS) is 10.4. The Morgan fingerprint density at radius 2 is 1.48 bits per heavy atom. The highest BCUT2D eigenvalue weighted by molar-refractivity contribution is 6.39. The molecule has 2 N–H and O–H groups in total. The average molecular weight is 464 g/mol. The van der Waals surface area contributed by atoms with E-state index in [9.17, 15) is 14.0 Å². The van der Waals surface area contributed by atoms with Crippen molar-refractivity contribution in [3.8, 4) is 5.88 Å². The first-order chi connectivity index (χ1) is 14.9. The van der Waals surface area contributed by atoms with Crippen molar-refractivity contribution < 1.29 is 23.5 Å². The number of anilines is 3. The van der Waals surface area contributed by atoms with Crippen LogP contribution in [0.3, 0.4) is 0 Å². The third kappa shape index (κ3) is 5.42. The van der Waals surface area contributed by atoms with Crippen molar-refractivity contribution in [1.29, 1.82) is 0 Å². The second-order valence-corrected chi connectivity index (χ2v) is 6.85. The molecular weight excluding hydrogens is 448 g/mol. The molecule has 0 atom stereocenters. The highest BCUT2D eigenvalue weighted by Gasteiger charge is 2.21. The van der Waals surface area contributed by atoms with E-state index in [1.54, 1.807) is 48.5 Å². The topological polar surface area (TPSA) is 94.8 Å². The lowest BCUT2D eigenvalue weighted by Crippen LogP contribution is -2.31. The summed E-state index contributed by atoms with van der Waals surface area (Å²) in [7, 11) is 0. The summed E-state index contributed by atoms with van der Waals surface area (Å²) >= 11 is 11.5. The van der Waals surface area contributed by atoms with Gasteiger partial charge in [0.25, 0.3) is 5.91 Å². The van der Waals surface area contributed by atoms with Gasteiger partial charge in [-0.15, -0.1) is 0 Å². The number of hydrogen-bond donors (Lipinski definition) is 1. The molecule has 0 saturated carbocycles. The Bertz CT molecular complexity index is 1050. The number of nitrogens with two attached hydrogens (primary N) is 1. The molecule has 0 aliphatic rings. The molecule has 7 nitrogen and oxygen atoms in total. The molecule has 0 radical (unpaired) electrons. The van der Waals surface area contributed by atoms with E-state index >= 15 is 0 Å². The van der Waals surface area contributed by atoms with E-state index in [2.05, 4.69) is 4.98 Å². The van der Waals surface area contributed by atoms with E-state index in [1.807, 2.05) is 12.1 Å². The maximum atomic E-state index is 13.6. The summed E-state index contributed by atoms with van der Waals surface area (Å²) in [5.41, 5.74) is 6.49. The van der Waals surface area contributed by atoms with Gasteiger partial charge in [-0.25, -0.2) is 4.79 Å². The summed E-state index contributed by atoms with van der Waals surface area (Å²) in [6.07, 6.45) is 0. The van der Waals surface area contributed by atoms with Crippen LogP contribution in [0.5, 0.6) is 5.88 Å². The number of hydrogen-bond acceptors (Lipinski definition) is 6. The van der Waals surface area contributed by atoms with E-state index in [0.717, 1.165) is 0 Å². The van der Waals surface area contributed by atoms with Crippen LogP contribution in [0.1, 0.15) is 0 Å². The standard InChI is InChI=1S/C21H16Cl2FN3O4/c22-17-19(25)18(23)21(26-20(17)24)31-12-16(29)30-11-15(28)27(13-7-3-1-4-8-13)14-9-5-2-6-10-14/h1-10H,11-12H2,(H2,25,26). The van der Waals surface area contributed by atoms with Gasteiger partial charge in [0.2, 0.25) is 11.8 Å². The molecule has 0 bridgehead atoms. The summed E-state index contributed by atoms with van der Waals surface area (Å²) < 4.78 is 23.6. The molecule has 1 amide bonds. The van der Waals surface area contributed by atoms with Crippen molar-refractivity contribution in [3.05, 3.63) is 76.7 Å². The number of aromatic nitrogens is 1. The van der Waals surface area contributed by atoms with Crippen LogP contribution >= 0.6 is 23.2 Å². The SMILES string of the molecule is Nc1c(Cl)c(F)nc(OCC(=O)OCC(=O)N(c2ccccc2)c2ccccc2)c1Cl. The quantitative estimate of drug-likeness (QED) is 0.412. The van der Waals surface area contributed by atoms with Gasteiger partial charge in [-0.05, 0) is 24.3 Å². The van der Waals surface area contributed by atoms with Crippen LogP contribution in [0, 0.1) is 5.95 Å². The zero-order valence-corrected chi connectivity index (χ0v) is 17.4. The summed E-state index contributed by atoms with van der Waals surface area (Å²) in [6, 6.07) is 17.8. The van der Waals surface area contributed by atoms with Gasteiger partial charge in [0.05, 0.1) is 5.69 Å². The first-order valence-electron chi connectivity index (χ1n) is 8.90. The Kier molecular flexibility index (Phi) is 7.28. The molecule has 0 aliphatic heterocycles. The molecule has 1 aromatic heterocycles. The first kappa shape index (κ1) is 22.3. The third-order valence-electron chi connectivity index (χ3n) is 4.00. The molecule has 0 unspecified atom stereocenters. The fourth-order valence-corrected chi connectivity index (χ4v) is 2.95. The Balaban J connectivity index is 1.64. The number of nitrogens with zero attached hydrogens (tertiary/aromatic N) is 2. The van der Waals surface area contributed by atoms with Crippen molar-refractivity contribution in [1.82, 2.24) is 4.98 Å². The predicted molar refractivity (Wildman–Crippen MR) is 115 cm³/mol. The van der Waals surface area contributed by atoms with Gasteiger partial charge in [0.1, 0.15) is 10.0 Å². The van der Waals surface area contributed by atoms with Crippen LogP contribution in [0.4, 0.5) is 21.5 Å². The average Bonchev–Trinajstić information content (AvgIpc) is 2.79. The van der Waals surface area contributed by atoms with Crippen LogP contribution in [0.2, 0.25) is 10.0 Å². The Hall–Kier alpha value is -3.36. The molecule has 0 spiro atoms. The van der Waals surface area contributed by atoms with Crippen molar-refractivity contribution >= 4 is 52.1 Å². The highest BCUT2D eigenvalue weighted by Crippen LogP contribution is 2.35. The van der Waals surface area contributed by atoms with Crippen LogP contribution in [0.15, 0.2) is 60.7 Å². The van der Waals surface area contributed by atoms with Crippen LogP contribution in [-0.2, 0) is 14.3 Å². The molecule has 0 aliphatic carbocycles. The van der Waals surface area contributed by atoms with E-state index in [0.29, 0.717) is 11.4 Å². The summed E-state index contributed by atoms with van der Waals surface area (Å²) in [6.45, 7) is -1.22. The molecule has 0 fully saturated rings. The van der Waals surface area contributed by atoms with Gasteiger partial charge < -0.3 is 15.2 Å². The smallest absolute Gasteiger partial charge is 0.344 e. The van der Waals surface area contributed by atoms with Gasteiger partial charge in [0.15, 0.2) is 13.2 Å². The molecular formula is C21H16Cl2FN3O4. The summed E-state index contributed by atoms with van der Waals surface area (Å²) in [5.74, 6) is -2.88. The molecule has 10 heteroatoms. The molecule has 0 saturated heterocycles. The van der Waals surface area contributed by atoms with Crippen molar-refractivity contribution in [2.24, 2.45) is 0 Å². The molecule has 3 aromatic rings. The maximum absolute atomic E-state index is 13.6.